The van der Waals surface area contributed by atoms with Crippen LogP contribution in [0.2, 0.25) is 0 Å². The Balaban J connectivity index is 1.55. The molecule has 1 saturated carbocycles. The number of alkyl halides is 3. The lowest BCUT2D eigenvalue weighted by Crippen LogP contribution is -2.34. The summed E-state index contributed by atoms with van der Waals surface area (Å²) in [7, 11) is 0. The number of hydrogen-bond donors (Lipinski definition) is 0. The lowest BCUT2D eigenvalue weighted by Gasteiger charge is -2.23. The van der Waals surface area contributed by atoms with Gasteiger partial charge in [0, 0.05) is 25.0 Å². The van der Waals surface area contributed by atoms with Crippen LogP contribution in [0.3, 0.4) is 0 Å². The number of hydrogen-bond acceptors (Lipinski definition) is 2. The normalized spacial score (nSPS) is 14.0. The van der Waals surface area contributed by atoms with Crippen LogP contribution in [0.5, 0.6) is 0 Å². The quantitative estimate of drug-likeness (QED) is 0.536. The van der Waals surface area contributed by atoms with Crippen LogP contribution in [0.4, 0.5) is 17.6 Å². The van der Waals surface area contributed by atoms with E-state index in [0.29, 0.717) is 11.4 Å². The van der Waals surface area contributed by atoms with Crippen molar-refractivity contribution in [3.05, 3.63) is 89.3 Å². The molecule has 0 radical (unpaired) electrons. The third-order valence-corrected chi connectivity index (χ3v) is 5.07. The Morgan fingerprint density at radius 1 is 1.13 bits per heavy atom. The van der Waals surface area contributed by atoms with Crippen molar-refractivity contribution in [2.75, 3.05) is 0 Å². The lowest BCUT2D eigenvalue weighted by atomic mass is 10.1. The van der Waals surface area contributed by atoms with Gasteiger partial charge in [-0.3, -0.25) is 4.79 Å². The molecule has 0 spiro atoms. The van der Waals surface area contributed by atoms with E-state index < -0.39 is 23.5 Å². The van der Waals surface area contributed by atoms with Crippen LogP contribution in [0.25, 0.3) is 0 Å². The van der Waals surface area contributed by atoms with Crippen LogP contribution in [0.15, 0.2) is 60.9 Å². The zero-order valence-corrected chi connectivity index (χ0v) is 15.9. The average molecular weight is 417 g/mol. The van der Waals surface area contributed by atoms with Crippen LogP contribution < -0.4 is 0 Å². The molecule has 1 aliphatic carbocycles. The average Bonchev–Trinajstić information content (AvgIpc) is 3.46. The Kier molecular flexibility index (Phi) is 5.32. The Morgan fingerprint density at radius 2 is 1.90 bits per heavy atom. The highest BCUT2D eigenvalue weighted by Crippen LogP contribution is 2.31. The Hall–Kier alpha value is -3.16. The fraction of sp³-hybridized carbons (Fsp3) is 0.273. The fourth-order valence-electron chi connectivity index (χ4n) is 3.37. The molecule has 8 heteroatoms. The van der Waals surface area contributed by atoms with E-state index in [9.17, 15) is 22.4 Å². The summed E-state index contributed by atoms with van der Waals surface area (Å²) < 4.78 is 54.8. The summed E-state index contributed by atoms with van der Waals surface area (Å²) in [6, 6.07) is 10.9. The number of imidazole rings is 1. The summed E-state index contributed by atoms with van der Waals surface area (Å²) in [6.45, 7) is 0.343. The molecule has 1 fully saturated rings. The first-order valence-electron chi connectivity index (χ1n) is 9.54. The first-order valence-corrected chi connectivity index (χ1v) is 9.54. The monoisotopic (exact) mass is 417 g/mol. The van der Waals surface area contributed by atoms with E-state index in [-0.39, 0.29) is 24.7 Å². The van der Waals surface area contributed by atoms with E-state index in [4.69, 9.17) is 0 Å². The Labute approximate surface area is 170 Å². The van der Waals surface area contributed by atoms with Crippen LogP contribution in [0.1, 0.15) is 40.2 Å². The number of amides is 1. The van der Waals surface area contributed by atoms with Gasteiger partial charge in [0.05, 0.1) is 17.7 Å². The summed E-state index contributed by atoms with van der Waals surface area (Å²) in [5.74, 6) is -0.464. The maximum atomic E-state index is 14.1. The van der Waals surface area contributed by atoms with Gasteiger partial charge in [0.2, 0.25) is 0 Å². The van der Waals surface area contributed by atoms with Crippen LogP contribution >= 0.6 is 0 Å². The fourth-order valence-corrected chi connectivity index (χ4v) is 3.37. The number of rotatable bonds is 6. The van der Waals surface area contributed by atoms with E-state index in [2.05, 4.69) is 4.98 Å². The molecule has 1 aliphatic rings. The minimum Gasteiger partial charge on any atom is -0.329 e. The predicted molar refractivity (Wildman–Crippen MR) is 102 cm³/mol. The molecule has 0 bridgehead atoms. The summed E-state index contributed by atoms with van der Waals surface area (Å²) in [4.78, 5) is 18.8. The second-order valence-corrected chi connectivity index (χ2v) is 7.31. The third-order valence-electron chi connectivity index (χ3n) is 5.07. The molecule has 4 nitrogen and oxygen atoms in total. The van der Waals surface area contributed by atoms with Gasteiger partial charge in [-0.1, -0.05) is 24.3 Å². The van der Waals surface area contributed by atoms with Gasteiger partial charge in [-0.05, 0) is 42.7 Å². The highest BCUT2D eigenvalue weighted by molar-refractivity contribution is 5.94. The molecule has 0 saturated heterocycles. The van der Waals surface area contributed by atoms with E-state index in [1.54, 1.807) is 34.0 Å². The smallest absolute Gasteiger partial charge is 0.329 e. The van der Waals surface area contributed by atoms with Crippen molar-refractivity contribution in [1.29, 1.82) is 0 Å². The van der Waals surface area contributed by atoms with Gasteiger partial charge in [-0.25, -0.2) is 9.37 Å². The minimum atomic E-state index is -4.41. The summed E-state index contributed by atoms with van der Waals surface area (Å²) in [5.41, 5.74) is -0.237. The van der Waals surface area contributed by atoms with E-state index >= 15 is 0 Å². The van der Waals surface area contributed by atoms with Crippen LogP contribution in [-0.4, -0.2) is 26.4 Å². The van der Waals surface area contributed by atoms with Gasteiger partial charge in [-0.15, -0.1) is 0 Å². The van der Waals surface area contributed by atoms with Gasteiger partial charge in [0.1, 0.15) is 11.6 Å². The topological polar surface area (TPSA) is 38.1 Å². The molecule has 1 heterocycles. The van der Waals surface area contributed by atoms with Gasteiger partial charge >= 0.3 is 6.18 Å². The standard InChI is InChI=1S/C22H19F4N3O/c23-19-7-2-1-6-18(19)21(30)29(17-8-9-17)14-20-27-10-11-28(20)13-15-4-3-5-16(12-15)22(24,25)26/h1-7,10-12,17H,8-9,13-14H2. The van der Waals surface area contributed by atoms with Crippen molar-refractivity contribution < 1.29 is 22.4 Å². The first kappa shape index (κ1) is 20.1. The number of aromatic nitrogens is 2. The SMILES string of the molecule is O=C(c1ccccc1F)N(Cc1nccn1Cc1cccc(C(F)(F)F)c1)C1CC1. The zero-order chi connectivity index (χ0) is 21.3. The number of carbonyl (C=O) groups excluding carboxylic acids is 1. The first-order chi connectivity index (χ1) is 14.3. The highest BCUT2D eigenvalue weighted by Gasteiger charge is 2.35. The molecule has 0 atom stereocenters. The summed E-state index contributed by atoms with van der Waals surface area (Å²) in [6.07, 6.45) is 0.446. The molecule has 0 N–H and O–H groups in total. The van der Waals surface area contributed by atoms with Crippen molar-refractivity contribution in [3.63, 3.8) is 0 Å². The van der Waals surface area contributed by atoms with E-state index in [1.807, 2.05) is 0 Å². The Bertz CT molecular complexity index is 1060. The van der Waals surface area contributed by atoms with Crippen LogP contribution in [0, 0.1) is 5.82 Å². The van der Waals surface area contributed by atoms with Crippen LogP contribution in [-0.2, 0) is 19.3 Å². The van der Waals surface area contributed by atoms with E-state index in [1.165, 1.54) is 24.3 Å². The molecular weight excluding hydrogens is 398 g/mol. The molecule has 0 unspecified atom stereocenters. The minimum absolute atomic E-state index is 0.000356. The summed E-state index contributed by atoms with van der Waals surface area (Å²) >= 11 is 0. The molecule has 2 aromatic carbocycles. The van der Waals surface area contributed by atoms with E-state index in [0.717, 1.165) is 25.0 Å². The Morgan fingerprint density at radius 3 is 2.60 bits per heavy atom. The largest absolute Gasteiger partial charge is 0.416 e. The van der Waals surface area contributed by atoms with Gasteiger partial charge in [0.25, 0.3) is 5.91 Å². The van der Waals surface area contributed by atoms with Crippen molar-refractivity contribution >= 4 is 5.91 Å². The molecule has 30 heavy (non-hydrogen) atoms. The molecule has 1 aromatic heterocycles. The van der Waals surface area contributed by atoms with Crippen molar-refractivity contribution in [3.8, 4) is 0 Å². The second-order valence-electron chi connectivity index (χ2n) is 7.31. The number of carbonyl (C=O) groups is 1. The molecule has 0 aliphatic heterocycles. The summed E-state index contributed by atoms with van der Waals surface area (Å²) in [5, 5.41) is 0. The van der Waals surface area contributed by atoms with Crippen molar-refractivity contribution in [2.24, 2.45) is 0 Å². The van der Waals surface area contributed by atoms with Crippen molar-refractivity contribution in [1.82, 2.24) is 14.5 Å². The second kappa shape index (κ2) is 7.93. The molecule has 3 aromatic rings. The third kappa shape index (κ3) is 4.37. The highest BCUT2D eigenvalue weighted by atomic mass is 19.4. The van der Waals surface area contributed by atoms with Gasteiger partial charge in [-0.2, -0.15) is 13.2 Å². The molecule has 4 rings (SSSR count). The maximum Gasteiger partial charge on any atom is 0.416 e. The van der Waals surface area contributed by atoms with Gasteiger partial charge in [0.15, 0.2) is 0 Å². The molecule has 156 valence electrons. The van der Waals surface area contributed by atoms with Crippen molar-refractivity contribution in [2.45, 2.75) is 38.1 Å². The number of benzene rings is 2. The zero-order valence-electron chi connectivity index (χ0n) is 15.9. The molecular formula is C22H19F4N3O. The maximum absolute atomic E-state index is 14.1. The number of halogens is 4. The van der Waals surface area contributed by atoms with Gasteiger partial charge < -0.3 is 9.47 Å². The number of nitrogens with zero attached hydrogens (tertiary/aromatic N) is 3. The predicted octanol–water partition coefficient (Wildman–Crippen LogP) is 4.89. The lowest BCUT2D eigenvalue weighted by molar-refractivity contribution is -0.137. The molecule has 1 amide bonds.